The van der Waals surface area contributed by atoms with Crippen molar-refractivity contribution in [2.24, 2.45) is 10.7 Å². The van der Waals surface area contributed by atoms with Gasteiger partial charge >= 0.3 is 0 Å². The van der Waals surface area contributed by atoms with Crippen LogP contribution in [0.5, 0.6) is 0 Å². The van der Waals surface area contributed by atoms with Gasteiger partial charge in [0.25, 0.3) is 0 Å². The molecule has 1 fully saturated rings. The van der Waals surface area contributed by atoms with Crippen LogP contribution in [-0.2, 0) is 4.74 Å². The van der Waals surface area contributed by atoms with E-state index in [0.29, 0.717) is 24.0 Å². The van der Waals surface area contributed by atoms with E-state index in [1.807, 2.05) is 16.8 Å². The third-order valence-corrected chi connectivity index (χ3v) is 4.93. The van der Waals surface area contributed by atoms with E-state index in [1.165, 1.54) is 19.9 Å². The van der Waals surface area contributed by atoms with Crippen molar-refractivity contribution in [1.82, 2.24) is 4.57 Å². The molecule has 3 atom stereocenters. The van der Waals surface area contributed by atoms with Crippen molar-refractivity contribution in [3.05, 3.63) is 58.2 Å². The van der Waals surface area contributed by atoms with Crippen LogP contribution in [0.3, 0.4) is 0 Å². The van der Waals surface area contributed by atoms with Gasteiger partial charge in [0.2, 0.25) is 0 Å². The van der Waals surface area contributed by atoms with E-state index < -0.39 is 29.6 Å². The normalized spacial score (nSPS) is 20.5. The summed E-state index contributed by atoms with van der Waals surface area (Å²) in [6.45, 7) is 8.74. The number of aliphatic hydroxyl groups is 3. The lowest BCUT2D eigenvalue weighted by Crippen LogP contribution is -2.33. The standard InChI is InChI=1S/C21H25F2N3O2.C3H8O2/c1-3-4-10-25-21(24)15-9-11-26(13(15)2)19-8-7-18(28-19)20(27)14-5-6-16(22)17(23)12-14;1-3(2,4)5/h5-6,9-12,18-20,27H,2-4,7-8,24H2,1H3;4-5H,1-2H3/b21-15-,25-10-;. The fourth-order valence-electron chi connectivity index (χ4n) is 3.34. The average molecular weight is 466 g/mol. The van der Waals surface area contributed by atoms with E-state index in [9.17, 15) is 13.9 Å². The molecule has 3 unspecified atom stereocenters. The zero-order valence-electron chi connectivity index (χ0n) is 19.2. The topological polar surface area (TPSA) is 113 Å². The number of nitrogens with zero attached hydrogens (tertiary/aromatic N) is 2. The van der Waals surface area contributed by atoms with Crippen LogP contribution in [0.4, 0.5) is 8.78 Å². The van der Waals surface area contributed by atoms with Crippen LogP contribution in [0.15, 0.2) is 35.5 Å². The number of rotatable bonds is 6. The Bertz CT molecular complexity index is 1060. The minimum absolute atomic E-state index is 0.287. The molecule has 1 saturated heterocycles. The van der Waals surface area contributed by atoms with Crippen LogP contribution < -0.4 is 16.3 Å². The summed E-state index contributed by atoms with van der Waals surface area (Å²) < 4.78 is 34.4. The minimum Gasteiger partial charge on any atom is -0.386 e. The van der Waals surface area contributed by atoms with Gasteiger partial charge in [-0.25, -0.2) is 13.8 Å². The Morgan fingerprint density at radius 2 is 1.97 bits per heavy atom. The molecule has 2 heterocycles. The molecule has 182 valence electrons. The van der Waals surface area contributed by atoms with Gasteiger partial charge in [0.15, 0.2) is 17.4 Å². The van der Waals surface area contributed by atoms with Gasteiger partial charge in [0.1, 0.15) is 18.2 Å². The summed E-state index contributed by atoms with van der Waals surface area (Å²) in [5, 5.41) is 28.1. The molecule has 0 spiro atoms. The SMILES string of the molecule is C=c1/c(=C(N)\N=C/CCC)ccn1C1CCC(C(O)c2ccc(F)c(F)c2)O1.CC(C)(O)O. The summed E-state index contributed by atoms with van der Waals surface area (Å²) in [6.07, 6.45) is 4.80. The van der Waals surface area contributed by atoms with Crippen molar-refractivity contribution in [3.63, 3.8) is 0 Å². The van der Waals surface area contributed by atoms with Crippen LogP contribution in [0.2, 0.25) is 0 Å². The molecule has 9 heteroatoms. The first kappa shape index (κ1) is 26.7. The smallest absolute Gasteiger partial charge is 0.159 e. The number of aliphatic imine (C=N–C) groups is 1. The molecule has 1 aliphatic rings. The summed E-state index contributed by atoms with van der Waals surface area (Å²) >= 11 is 0. The first-order valence-electron chi connectivity index (χ1n) is 10.8. The largest absolute Gasteiger partial charge is 0.386 e. The predicted molar refractivity (Wildman–Crippen MR) is 123 cm³/mol. The minimum atomic E-state index is -1.50. The summed E-state index contributed by atoms with van der Waals surface area (Å²) in [4.78, 5) is 4.25. The summed E-state index contributed by atoms with van der Waals surface area (Å²) in [7, 11) is 0. The first-order chi connectivity index (χ1) is 15.4. The highest BCUT2D eigenvalue weighted by atomic mass is 19.2. The number of nitrogens with two attached hydrogens (primary N) is 1. The van der Waals surface area contributed by atoms with Crippen molar-refractivity contribution >= 4 is 18.6 Å². The van der Waals surface area contributed by atoms with Gasteiger partial charge in [-0.1, -0.05) is 26.0 Å². The zero-order valence-corrected chi connectivity index (χ0v) is 19.2. The molecule has 1 aliphatic heterocycles. The second-order valence-corrected chi connectivity index (χ2v) is 8.39. The molecule has 2 aromatic rings. The third-order valence-electron chi connectivity index (χ3n) is 4.93. The van der Waals surface area contributed by atoms with E-state index in [2.05, 4.69) is 18.5 Å². The highest BCUT2D eigenvalue weighted by molar-refractivity contribution is 5.64. The third kappa shape index (κ3) is 7.75. The number of hydrogen-bond donors (Lipinski definition) is 4. The second kappa shape index (κ2) is 11.5. The van der Waals surface area contributed by atoms with Crippen molar-refractivity contribution in [3.8, 4) is 0 Å². The number of benzene rings is 1. The Morgan fingerprint density at radius 1 is 1.30 bits per heavy atom. The molecule has 0 aliphatic carbocycles. The maximum Gasteiger partial charge on any atom is 0.159 e. The van der Waals surface area contributed by atoms with E-state index in [4.69, 9.17) is 20.7 Å². The van der Waals surface area contributed by atoms with Gasteiger partial charge < -0.3 is 30.4 Å². The number of unbranched alkanes of at least 4 members (excludes halogenated alkanes) is 1. The molecule has 0 amide bonds. The van der Waals surface area contributed by atoms with E-state index in [0.717, 1.165) is 30.2 Å². The van der Waals surface area contributed by atoms with Crippen LogP contribution >= 0.6 is 0 Å². The van der Waals surface area contributed by atoms with E-state index in [1.54, 1.807) is 6.21 Å². The van der Waals surface area contributed by atoms with Crippen molar-refractivity contribution in [1.29, 1.82) is 0 Å². The first-order valence-corrected chi connectivity index (χ1v) is 10.8. The maximum absolute atomic E-state index is 13.4. The van der Waals surface area contributed by atoms with Gasteiger partial charge in [-0.3, -0.25) is 0 Å². The van der Waals surface area contributed by atoms with Gasteiger partial charge in [0.05, 0.1) is 6.10 Å². The average Bonchev–Trinajstić information content (AvgIpc) is 3.35. The van der Waals surface area contributed by atoms with Crippen LogP contribution in [0, 0.1) is 11.6 Å². The number of ether oxygens (including phenoxy) is 1. The summed E-state index contributed by atoms with van der Waals surface area (Å²) in [5.41, 5.74) is 6.33. The number of halogens is 2. The van der Waals surface area contributed by atoms with Gasteiger partial charge in [-0.2, -0.15) is 0 Å². The lowest BCUT2D eigenvalue weighted by Gasteiger charge is -2.20. The lowest BCUT2D eigenvalue weighted by molar-refractivity contribution is -0.127. The molecular formula is C24H33F2N3O4. The maximum atomic E-state index is 13.4. The molecule has 0 bridgehead atoms. The van der Waals surface area contributed by atoms with Crippen molar-refractivity contribution < 1.29 is 28.8 Å². The molecule has 7 nitrogen and oxygen atoms in total. The Balaban J connectivity index is 0.000000696. The highest BCUT2D eigenvalue weighted by Gasteiger charge is 2.32. The highest BCUT2D eigenvalue weighted by Crippen LogP contribution is 2.34. The predicted octanol–water partition coefficient (Wildman–Crippen LogP) is 2.19. The Kier molecular flexibility index (Phi) is 9.30. The molecule has 0 saturated carbocycles. The van der Waals surface area contributed by atoms with Crippen molar-refractivity contribution in [2.45, 2.75) is 70.7 Å². The Labute approximate surface area is 192 Å². The molecule has 33 heavy (non-hydrogen) atoms. The molecule has 1 aromatic carbocycles. The van der Waals surface area contributed by atoms with Crippen LogP contribution in [-0.4, -0.2) is 38.0 Å². The van der Waals surface area contributed by atoms with Gasteiger partial charge in [-0.05, 0) is 56.9 Å². The number of hydrogen-bond acceptors (Lipinski definition) is 6. The fourth-order valence-corrected chi connectivity index (χ4v) is 3.34. The molecule has 0 radical (unpaired) electrons. The number of aromatic nitrogens is 1. The Hall–Kier alpha value is -2.59. The summed E-state index contributed by atoms with van der Waals surface area (Å²) in [5.74, 6) is -3.04. The van der Waals surface area contributed by atoms with Gasteiger partial charge in [0, 0.05) is 23.0 Å². The molecule has 5 N–H and O–H groups in total. The van der Waals surface area contributed by atoms with Crippen LogP contribution in [0.25, 0.3) is 12.4 Å². The molecular weight excluding hydrogens is 432 g/mol. The zero-order chi connectivity index (χ0) is 24.8. The van der Waals surface area contributed by atoms with E-state index in [-0.39, 0.29) is 11.8 Å². The monoisotopic (exact) mass is 465 g/mol. The second-order valence-electron chi connectivity index (χ2n) is 8.39. The summed E-state index contributed by atoms with van der Waals surface area (Å²) in [6, 6.07) is 5.21. The molecule has 3 rings (SSSR count). The Morgan fingerprint density at radius 3 is 2.58 bits per heavy atom. The lowest BCUT2D eigenvalue weighted by atomic mass is 10.0. The van der Waals surface area contributed by atoms with Gasteiger partial charge in [-0.15, -0.1) is 0 Å². The molecule has 1 aromatic heterocycles. The van der Waals surface area contributed by atoms with E-state index >= 15 is 0 Å². The van der Waals surface area contributed by atoms with Crippen LogP contribution in [0.1, 0.15) is 64.3 Å². The van der Waals surface area contributed by atoms with Crippen molar-refractivity contribution in [2.75, 3.05) is 0 Å². The number of aliphatic hydroxyl groups excluding tert-OH is 1. The quantitative estimate of drug-likeness (QED) is 0.386. The fraction of sp³-hybridized carbons (Fsp3) is 0.458.